The van der Waals surface area contributed by atoms with Gasteiger partial charge in [-0.2, -0.15) is 0 Å². The van der Waals surface area contributed by atoms with E-state index in [-0.39, 0.29) is 11.5 Å². The smallest absolute Gasteiger partial charge is 0.336 e. The predicted molar refractivity (Wildman–Crippen MR) is 131 cm³/mol. The lowest BCUT2D eigenvalue weighted by Gasteiger charge is -2.10. The molecule has 3 aromatic carbocycles. The van der Waals surface area contributed by atoms with E-state index in [0.717, 1.165) is 11.1 Å². The van der Waals surface area contributed by atoms with Crippen LogP contribution >= 0.6 is 11.8 Å². The molecule has 1 aliphatic rings. The Bertz CT molecular complexity index is 1270. The lowest BCUT2D eigenvalue weighted by molar-refractivity contribution is -0.121. The number of aliphatic imine (C=N–C) groups is 1. The number of ether oxygens (including phenoxy) is 1. The normalized spacial score (nSPS) is 15.9. The summed E-state index contributed by atoms with van der Waals surface area (Å²) in [4.78, 5) is 30.9. The van der Waals surface area contributed by atoms with Crippen LogP contribution in [0.3, 0.4) is 0 Å². The fourth-order valence-corrected chi connectivity index (χ4v) is 4.31. The van der Waals surface area contributed by atoms with E-state index in [1.54, 1.807) is 32.2 Å². The van der Waals surface area contributed by atoms with Crippen LogP contribution in [0.25, 0.3) is 6.08 Å². The molecule has 1 heterocycles. The Morgan fingerprint density at radius 1 is 1.06 bits per heavy atom. The first-order valence-electron chi connectivity index (χ1n) is 10.3. The van der Waals surface area contributed by atoms with Gasteiger partial charge in [-0.15, -0.1) is 0 Å². The predicted octanol–water partition coefficient (Wildman–Crippen LogP) is 5.51. The minimum atomic E-state index is -1.01. The molecule has 0 aromatic heterocycles. The van der Waals surface area contributed by atoms with Crippen molar-refractivity contribution in [2.45, 2.75) is 13.5 Å². The van der Waals surface area contributed by atoms with Crippen LogP contribution in [0.15, 0.2) is 82.7 Å². The number of carbonyl (C=O) groups is 2. The zero-order chi connectivity index (χ0) is 23.4. The van der Waals surface area contributed by atoms with Crippen LogP contribution in [0, 0.1) is 6.92 Å². The molecule has 7 heteroatoms. The van der Waals surface area contributed by atoms with Crippen LogP contribution in [-0.2, 0) is 11.4 Å². The minimum absolute atomic E-state index is 0.177. The fraction of sp³-hybridized carbons (Fsp3) is 0.115. The Kier molecular flexibility index (Phi) is 6.60. The number of carboxylic acids is 1. The largest absolute Gasteiger partial charge is 0.488 e. The Balaban J connectivity index is 1.60. The van der Waals surface area contributed by atoms with Crippen molar-refractivity contribution in [3.63, 3.8) is 0 Å². The second-order valence-corrected chi connectivity index (χ2v) is 8.45. The molecule has 0 spiro atoms. The molecule has 6 nitrogen and oxygen atoms in total. The molecule has 0 radical (unpaired) electrons. The van der Waals surface area contributed by atoms with Crippen LogP contribution in [0.1, 0.15) is 27.0 Å². The summed E-state index contributed by atoms with van der Waals surface area (Å²) in [7, 11) is 1.66. The van der Waals surface area contributed by atoms with Gasteiger partial charge in [-0.25, -0.2) is 9.79 Å². The molecule has 1 N–H and O–H groups in total. The summed E-state index contributed by atoms with van der Waals surface area (Å²) in [5, 5.41) is 9.84. The van der Waals surface area contributed by atoms with Gasteiger partial charge in [-0.3, -0.25) is 9.69 Å². The van der Waals surface area contributed by atoms with E-state index in [9.17, 15) is 14.7 Å². The average Bonchev–Trinajstić information content (AvgIpc) is 3.08. The van der Waals surface area contributed by atoms with Gasteiger partial charge >= 0.3 is 5.97 Å². The van der Waals surface area contributed by atoms with E-state index in [1.807, 2.05) is 54.6 Å². The van der Waals surface area contributed by atoms with Gasteiger partial charge in [0.2, 0.25) is 0 Å². The molecular formula is C26H22N2O4S. The number of nitrogens with zero attached hydrogens (tertiary/aromatic N) is 2. The second kappa shape index (κ2) is 9.75. The Morgan fingerprint density at radius 2 is 1.79 bits per heavy atom. The molecule has 4 rings (SSSR count). The van der Waals surface area contributed by atoms with Crippen molar-refractivity contribution in [3.05, 3.63) is 100.0 Å². The maximum Gasteiger partial charge on any atom is 0.336 e. The van der Waals surface area contributed by atoms with E-state index in [0.29, 0.717) is 33.7 Å². The van der Waals surface area contributed by atoms with Gasteiger partial charge in [0, 0.05) is 12.6 Å². The number of amidine groups is 1. The number of rotatable bonds is 6. The summed E-state index contributed by atoms with van der Waals surface area (Å²) < 4.78 is 6.00. The zero-order valence-electron chi connectivity index (χ0n) is 18.2. The number of benzene rings is 3. The third kappa shape index (κ3) is 4.99. The average molecular weight is 459 g/mol. The Hall–Kier alpha value is -3.84. The van der Waals surface area contributed by atoms with Gasteiger partial charge in [0.1, 0.15) is 12.4 Å². The summed E-state index contributed by atoms with van der Waals surface area (Å²) in [6, 6.07) is 22.4. The molecule has 1 fully saturated rings. The van der Waals surface area contributed by atoms with Crippen molar-refractivity contribution in [1.29, 1.82) is 0 Å². The van der Waals surface area contributed by atoms with Crippen molar-refractivity contribution in [2.24, 2.45) is 4.99 Å². The number of thioether (sulfide) groups is 1. The number of para-hydroxylation sites is 1. The molecule has 1 saturated heterocycles. The maximum atomic E-state index is 12.9. The zero-order valence-corrected chi connectivity index (χ0v) is 19.0. The van der Waals surface area contributed by atoms with Crippen molar-refractivity contribution >= 4 is 40.6 Å². The van der Waals surface area contributed by atoms with Crippen LogP contribution in [0.4, 0.5) is 5.69 Å². The Labute approximate surface area is 196 Å². The molecule has 0 bridgehead atoms. The molecule has 1 aliphatic heterocycles. The Morgan fingerprint density at radius 3 is 2.55 bits per heavy atom. The lowest BCUT2D eigenvalue weighted by atomic mass is 10.1. The third-order valence-corrected chi connectivity index (χ3v) is 6.26. The maximum absolute atomic E-state index is 12.9. The number of amides is 1. The number of carboxylic acid groups (broad SMARTS) is 1. The highest BCUT2D eigenvalue weighted by Gasteiger charge is 2.31. The molecule has 166 valence electrons. The van der Waals surface area contributed by atoms with E-state index >= 15 is 0 Å². The van der Waals surface area contributed by atoms with Crippen molar-refractivity contribution in [1.82, 2.24) is 4.90 Å². The van der Waals surface area contributed by atoms with Gasteiger partial charge in [0.05, 0.1) is 16.2 Å². The van der Waals surface area contributed by atoms with Gasteiger partial charge in [0.25, 0.3) is 5.91 Å². The van der Waals surface area contributed by atoms with Gasteiger partial charge < -0.3 is 9.84 Å². The quantitative estimate of drug-likeness (QED) is 0.493. The van der Waals surface area contributed by atoms with Crippen molar-refractivity contribution in [3.8, 4) is 5.75 Å². The number of carbonyl (C=O) groups excluding carboxylic acids is 1. The molecule has 0 atom stereocenters. The van der Waals surface area contributed by atoms with Crippen molar-refractivity contribution < 1.29 is 19.4 Å². The fourth-order valence-electron chi connectivity index (χ4n) is 3.34. The van der Waals surface area contributed by atoms with Crippen LogP contribution < -0.4 is 4.74 Å². The van der Waals surface area contributed by atoms with Crippen LogP contribution in [-0.4, -0.2) is 34.1 Å². The van der Waals surface area contributed by atoms with E-state index in [2.05, 4.69) is 4.99 Å². The number of likely N-dealkylation sites (N-methyl/N-ethyl adjacent to an activating group) is 1. The summed E-state index contributed by atoms with van der Waals surface area (Å²) >= 11 is 1.25. The van der Waals surface area contributed by atoms with Gasteiger partial charge in [-0.1, -0.05) is 54.6 Å². The number of aromatic carboxylic acids is 1. The highest BCUT2D eigenvalue weighted by atomic mass is 32.2. The van der Waals surface area contributed by atoms with Crippen LogP contribution in [0.2, 0.25) is 0 Å². The van der Waals surface area contributed by atoms with E-state index in [4.69, 9.17) is 4.74 Å². The molecule has 1 amide bonds. The standard InChI is InChI=1S/C26H22N2O4S/c1-17-20(25(30)31)12-8-13-21(17)27-26-28(2)24(29)23(33-26)15-19-11-6-7-14-22(19)32-16-18-9-4-3-5-10-18/h3-15H,16H2,1-2H3,(H,30,31)/b23-15-,27-26?. The summed E-state index contributed by atoms with van der Waals surface area (Å²) in [6.45, 7) is 2.13. The van der Waals surface area contributed by atoms with E-state index in [1.165, 1.54) is 22.7 Å². The topological polar surface area (TPSA) is 79.2 Å². The lowest BCUT2D eigenvalue weighted by Crippen LogP contribution is -2.23. The summed E-state index contributed by atoms with van der Waals surface area (Å²) in [5.74, 6) is -0.505. The van der Waals surface area contributed by atoms with Gasteiger partial charge in [0.15, 0.2) is 5.17 Å². The van der Waals surface area contributed by atoms with Gasteiger partial charge in [-0.05, 0) is 54.1 Å². The molecule has 0 saturated carbocycles. The monoisotopic (exact) mass is 458 g/mol. The van der Waals surface area contributed by atoms with Crippen molar-refractivity contribution in [2.75, 3.05) is 7.05 Å². The highest BCUT2D eigenvalue weighted by molar-refractivity contribution is 8.18. The van der Waals surface area contributed by atoms with Crippen LogP contribution in [0.5, 0.6) is 5.75 Å². The van der Waals surface area contributed by atoms with E-state index < -0.39 is 5.97 Å². The molecule has 0 aliphatic carbocycles. The number of hydrogen-bond acceptors (Lipinski definition) is 5. The summed E-state index contributed by atoms with van der Waals surface area (Å²) in [6.07, 6.45) is 1.80. The SMILES string of the molecule is Cc1c(N=C2S/C(=C\c3ccccc3OCc3ccccc3)C(=O)N2C)cccc1C(=O)O. The molecule has 3 aromatic rings. The highest BCUT2D eigenvalue weighted by Crippen LogP contribution is 2.35. The number of hydrogen-bond donors (Lipinski definition) is 1. The first-order chi connectivity index (χ1) is 15.9. The first-order valence-corrected chi connectivity index (χ1v) is 11.1. The third-order valence-electron chi connectivity index (χ3n) is 5.20. The molecule has 33 heavy (non-hydrogen) atoms. The molecular weight excluding hydrogens is 436 g/mol. The minimum Gasteiger partial charge on any atom is -0.488 e. The molecule has 0 unspecified atom stereocenters. The summed E-state index contributed by atoms with van der Waals surface area (Å²) in [5.41, 5.74) is 3.11. The second-order valence-electron chi connectivity index (χ2n) is 7.44. The first kappa shape index (κ1) is 22.4.